The molecule has 6 heteroatoms. The van der Waals surface area contributed by atoms with E-state index in [1.54, 1.807) is 0 Å². The van der Waals surface area contributed by atoms with Crippen LogP contribution in [0.3, 0.4) is 0 Å². The Bertz CT molecular complexity index is 349. The number of ether oxygens (including phenoxy) is 3. The van der Waals surface area contributed by atoms with Crippen molar-refractivity contribution in [2.75, 3.05) is 19.8 Å². The van der Waals surface area contributed by atoms with Crippen molar-refractivity contribution in [2.24, 2.45) is 5.73 Å². The van der Waals surface area contributed by atoms with Crippen LogP contribution in [0.25, 0.3) is 0 Å². The van der Waals surface area contributed by atoms with E-state index in [1.165, 1.54) is 25.7 Å². The van der Waals surface area contributed by atoms with Crippen LogP contribution < -0.4 is 11.1 Å². The molecule has 0 spiro atoms. The fourth-order valence-corrected chi connectivity index (χ4v) is 3.61. The van der Waals surface area contributed by atoms with E-state index in [0.29, 0.717) is 32.7 Å². The topological polar surface area (TPSA) is 82.8 Å². The summed E-state index contributed by atoms with van der Waals surface area (Å²) in [7, 11) is 0. The third-order valence-electron chi connectivity index (χ3n) is 4.59. The molecule has 2 amide bonds. The molecule has 0 aliphatic heterocycles. The van der Waals surface area contributed by atoms with E-state index in [4.69, 9.17) is 19.9 Å². The van der Waals surface area contributed by atoms with Gasteiger partial charge in [-0.25, -0.2) is 4.79 Å². The van der Waals surface area contributed by atoms with Gasteiger partial charge in [-0.05, 0) is 33.6 Å². The molecule has 0 fully saturated rings. The van der Waals surface area contributed by atoms with Gasteiger partial charge in [-0.3, -0.25) is 0 Å². The fraction of sp³-hybridized carbons (Fsp3) is 0.950. The first kappa shape index (κ1) is 25.1. The highest BCUT2D eigenvalue weighted by Gasteiger charge is 2.55. The van der Waals surface area contributed by atoms with Crippen LogP contribution in [0.1, 0.15) is 92.4 Å². The first-order chi connectivity index (χ1) is 12.5. The minimum Gasteiger partial charge on any atom is -0.352 e. The molecule has 0 bridgehead atoms. The molecule has 26 heavy (non-hydrogen) atoms. The fourth-order valence-electron chi connectivity index (χ4n) is 3.61. The highest BCUT2D eigenvalue weighted by atomic mass is 16.9. The number of nitrogens with one attached hydrogen (secondary N) is 1. The molecule has 0 aromatic carbocycles. The Labute approximate surface area is 160 Å². The van der Waals surface area contributed by atoms with Crippen LogP contribution in [0, 0.1) is 0 Å². The van der Waals surface area contributed by atoms with Gasteiger partial charge in [-0.15, -0.1) is 0 Å². The number of amides is 2. The molecule has 0 aromatic rings. The molecule has 156 valence electrons. The summed E-state index contributed by atoms with van der Waals surface area (Å²) in [6.45, 7) is 11.2. The molecular formula is C20H42N2O4. The highest BCUT2D eigenvalue weighted by molar-refractivity contribution is 5.72. The van der Waals surface area contributed by atoms with Crippen molar-refractivity contribution in [3.63, 3.8) is 0 Å². The molecule has 0 rings (SSSR count). The number of carbonyl (C=O) groups is 1. The summed E-state index contributed by atoms with van der Waals surface area (Å²) in [4.78, 5) is 11.9. The number of carbonyl (C=O) groups excluding carboxylic acids is 1. The van der Waals surface area contributed by atoms with Crippen LogP contribution >= 0.6 is 0 Å². The maximum atomic E-state index is 11.9. The van der Waals surface area contributed by atoms with Gasteiger partial charge in [0.05, 0.1) is 0 Å². The maximum absolute atomic E-state index is 11.9. The molecule has 0 saturated carbocycles. The summed E-state index contributed by atoms with van der Waals surface area (Å²) in [5, 5.41) is 2.96. The van der Waals surface area contributed by atoms with E-state index < -0.39 is 17.5 Å². The summed E-state index contributed by atoms with van der Waals surface area (Å²) in [5.41, 5.74) is 4.74. The minimum absolute atomic E-state index is 0.419. The van der Waals surface area contributed by atoms with Crippen LogP contribution in [0.2, 0.25) is 0 Å². The molecule has 6 nitrogen and oxygen atoms in total. The molecule has 0 heterocycles. The molecule has 0 saturated heterocycles. The molecular weight excluding hydrogens is 332 g/mol. The van der Waals surface area contributed by atoms with E-state index >= 15 is 0 Å². The third kappa shape index (κ3) is 7.80. The average molecular weight is 375 g/mol. The predicted octanol–water partition coefficient (Wildman–Crippen LogP) is 4.71. The second kappa shape index (κ2) is 14.2. The number of hydrogen-bond acceptors (Lipinski definition) is 4. The van der Waals surface area contributed by atoms with Gasteiger partial charge in [0.15, 0.2) is 0 Å². The lowest BCUT2D eigenvalue weighted by molar-refractivity contribution is -0.411. The lowest BCUT2D eigenvalue weighted by Crippen LogP contribution is -2.68. The number of primary amides is 1. The first-order valence-electron chi connectivity index (χ1n) is 10.5. The zero-order valence-electron chi connectivity index (χ0n) is 17.7. The Balaban J connectivity index is 5.53. The molecule has 1 atom stereocenters. The van der Waals surface area contributed by atoms with Crippen molar-refractivity contribution in [1.82, 2.24) is 5.32 Å². The molecule has 0 aliphatic carbocycles. The zero-order chi connectivity index (χ0) is 19.9. The first-order valence-corrected chi connectivity index (χ1v) is 10.5. The van der Waals surface area contributed by atoms with Gasteiger partial charge >= 0.3 is 12.0 Å². The standard InChI is InChI=1S/C20H42N2O4/c1-6-11-12-13-14-15-17-19(16-7-2,22-18(21)23)20(24-8-3,25-9-4)26-10-5/h6-17H2,1-5H3,(H3,21,22,23). The molecule has 0 radical (unpaired) electrons. The number of rotatable bonds is 17. The van der Waals surface area contributed by atoms with Crippen LogP contribution in [0.5, 0.6) is 0 Å². The highest BCUT2D eigenvalue weighted by Crippen LogP contribution is 2.38. The SMILES string of the molecule is CCCCCCCCC(CCC)(NC(N)=O)C(OCC)(OCC)OCC. The predicted molar refractivity (Wildman–Crippen MR) is 106 cm³/mol. The molecule has 0 aliphatic rings. The van der Waals surface area contributed by atoms with E-state index in [0.717, 1.165) is 19.3 Å². The second-order valence-corrected chi connectivity index (χ2v) is 6.69. The van der Waals surface area contributed by atoms with Gasteiger partial charge in [-0.1, -0.05) is 58.8 Å². The number of hydrogen-bond donors (Lipinski definition) is 2. The largest absolute Gasteiger partial charge is 0.352 e. The summed E-state index contributed by atoms with van der Waals surface area (Å²) in [6.07, 6.45) is 9.22. The number of unbranched alkanes of at least 4 members (excludes halogenated alkanes) is 5. The lowest BCUT2D eigenvalue weighted by Gasteiger charge is -2.48. The number of nitrogens with two attached hydrogens (primary N) is 1. The van der Waals surface area contributed by atoms with Crippen molar-refractivity contribution < 1.29 is 19.0 Å². The van der Waals surface area contributed by atoms with Crippen molar-refractivity contribution >= 4 is 6.03 Å². The smallest absolute Gasteiger partial charge is 0.312 e. The Hall–Kier alpha value is -0.850. The molecule has 3 N–H and O–H groups in total. The van der Waals surface area contributed by atoms with Gasteiger partial charge in [0.2, 0.25) is 0 Å². The third-order valence-corrected chi connectivity index (χ3v) is 4.59. The molecule has 1 unspecified atom stereocenters. The Morgan fingerprint density at radius 1 is 0.769 bits per heavy atom. The van der Waals surface area contributed by atoms with Gasteiger partial charge in [-0.2, -0.15) is 0 Å². The minimum atomic E-state index is -1.32. The van der Waals surface area contributed by atoms with Crippen molar-refractivity contribution in [3.8, 4) is 0 Å². The lowest BCUT2D eigenvalue weighted by atomic mass is 9.84. The Morgan fingerprint density at radius 3 is 1.69 bits per heavy atom. The monoisotopic (exact) mass is 374 g/mol. The van der Waals surface area contributed by atoms with Crippen molar-refractivity contribution in [2.45, 2.75) is 104 Å². The van der Waals surface area contributed by atoms with Gasteiger partial charge in [0.1, 0.15) is 5.54 Å². The van der Waals surface area contributed by atoms with Crippen LogP contribution in [0.4, 0.5) is 4.79 Å². The normalized spacial score (nSPS) is 14.2. The summed E-state index contributed by atoms with van der Waals surface area (Å²) in [6, 6.07) is -0.576. The summed E-state index contributed by atoms with van der Waals surface area (Å²) < 4.78 is 18.0. The van der Waals surface area contributed by atoms with Crippen LogP contribution in [-0.2, 0) is 14.2 Å². The van der Waals surface area contributed by atoms with Crippen LogP contribution in [-0.4, -0.2) is 37.4 Å². The van der Waals surface area contributed by atoms with E-state index in [-0.39, 0.29) is 0 Å². The van der Waals surface area contributed by atoms with Crippen molar-refractivity contribution in [3.05, 3.63) is 0 Å². The molecule has 0 aromatic heterocycles. The van der Waals surface area contributed by atoms with E-state index in [9.17, 15) is 4.79 Å². The summed E-state index contributed by atoms with van der Waals surface area (Å²) >= 11 is 0. The Morgan fingerprint density at radius 2 is 1.27 bits per heavy atom. The van der Waals surface area contributed by atoms with Crippen molar-refractivity contribution in [1.29, 1.82) is 0 Å². The maximum Gasteiger partial charge on any atom is 0.312 e. The van der Waals surface area contributed by atoms with Crippen LogP contribution in [0.15, 0.2) is 0 Å². The number of urea groups is 1. The quantitative estimate of drug-likeness (QED) is 0.285. The second-order valence-electron chi connectivity index (χ2n) is 6.69. The van der Waals surface area contributed by atoms with Gasteiger partial charge in [0, 0.05) is 19.8 Å². The average Bonchev–Trinajstić information content (AvgIpc) is 2.58. The Kier molecular flexibility index (Phi) is 13.8. The zero-order valence-corrected chi connectivity index (χ0v) is 17.7. The van der Waals surface area contributed by atoms with Gasteiger partial charge < -0.3 is 25.3 Å². The van der Waals surface area contributed by atoms with E-state index in [1.807, 2.05) is 20.8 Å². The summed E-state index contributed by atoms with van der Waals surface area (Å²) in [5.74, 6) is -1.32. The van der Waals surface area contributed by atoms with Gasteiger partial charge in [0.25, 0.3) is 0 Å². The van der Waals surface area contributed by atoms with E-state index in [2.05, 4.69) is 19.2 Å².